The second-order valence-electron chi connectivity index (χ2n) is 5.97. The Bertz CT molecular complexity index is 468. The highest BCUT2D eigenvalue weighted by Gasteiger charge is 2.28. The molecule has 0 atom stereocenters. The number of rotatable bonds is 5. The summed E-state index contributed by atoms with van der Waals surface area (Å²) in [5.74, 6) is 0.405. The zero-order valence-corrected chi connectivity index (χ0v) is 13.5. The van der Waals surface area contributed by atoms with Gasteiger partial charge in [-0.3, -0.25) is 4.79 Å². The molecule has 2 rings (SSSR count). The van der Waals surface area contributed by atoms with Gasteiger partial charge in [0, 0.05) is 11.4 Å². The second-order valence-corrected chi connectivity index (χ2v) is 6.99. The molecule has 4 heteroatoms. The highest BCUT2D eigenvalue weighted by atomic mass is 32.2. The lowest BCUT2D eigenvalue weighted by Gasteiger charge is -2.26. The number of aliphatic hydroxyl groups is 1. The van der Waals surface area contributed by atoms with Crippen molar-refractivity contribution in [2.75, 3.05) is 12.3 Å². The number of carbonyl (C=O) groups excluding carboxylic acids is 1. The molecule has 0 saturated heterocycles. The summed E-state index contributed by atoms with van der Waals surface area (Å²) >= 11 is 1.55. The van der Waals surface area contributed by atoms with E-state index in [4.69, 9.17) is 0 Å². The Morgan fingerprint density at radius 3 is 2.57 bits per heavy atom. The lowest BCUT2D eigenvalue weighted by molar-refractivity contribution is -0.120. The standard InChI is InChI=1S/C17H25NO2S/c1-14-8-4-5-9-15(14)21-12-16(19)18-13-17(20)10-6-2-3-7-11-17/h4-5,8-9,20H,2-3,6-7,10-13H2,1H3,(H,18,19). The third-order valence-electron chi connectivity index (χ3n) is 4.10. The normalized spacial score (nSPS) is 18.0. The van der Waals surface area contributed by atoms with E-state index in [0.29, 0.717) is 12.3 Å². The summed E-state index contributed by atoms with van der Waals surface area (Å²) in [6.45, 7) is 2.44. The minimum absolute atomic E-state index is 0.000856. The quantitative estimate of drug-likeness (QED) is 0.648. The van der Waals surface area contributed by atoms with Gasteiger partial charge in [-0.15, -0.1) is 11.8 Å². The van der Waals surface area contributed by atoms with Crippen LogP contribution in [0.1, 0.15) is 44.1 Å². The van der Waals surface area contributed by atoms with Gasteiger partial charge in [0.15, 0.2) is 0 Å². The van der Waals surface area contributed by atoms with Crippen LogP contribution in [0.3, 0.4) is 0 Å². The third-order valence-corrected chi connectivity index (χ3v) is 5.28. The van der Waals surface area contributed by atoms with Crippen molar-refractivity contribution in [2.45, 2.75) is 55.9 Å². The number of thioether (sulfide) groups is 1. The number of aryl methyl sites for hydroxylation is 1. The molecule has 21 heavy (non-hydrogen) atoms. The Morgan fingerprint density at radius 2 is 1.90 bits per heavy atom. The van der Waals surface area contributed by atoms with Crippen LogP contribution in [0.15, 0.2) is 29.2 Å². The molecule has 0 bridgehead atoms. The maximum absolute atomic E-state index is 12.0. The van der Waals surface area contributed by atoms with Gasteiger partial charge in [0.05, 0.1) is 11.4 Å². The molecular formula is C17H25NO2S. The number of carbonyl (C=O) groups is 1. The van der Waals surface area contributed by atoms with Crippen LogP contribution in [0.4, 0.5) is 0 Å². The zero-order chi connectivity index (χ0) is 15.1. The van der Waals surface area contributed by atoms with Gasteiger partial charge in [0.1, 0.15) is 0 Å². The molecule has 3 nitrogen and oxygen atoms in total. The molecule has 0 heterocycles. The van der Waals surface area contributed by atoms with Crippen molar-refractivity contribution in [1.29, 1.82) is 0 Å². The van der Waals surface area contributed by atoms with E-state index in [2.05, 4.69) is 18.3 Å². The third kappa shape index (κ3) is 5.36. The number of hydrogen-bond acceptors (Lipinski definition) is 3. The van der Waals surface area contributed by atoms with Crippen molar-refractivity contribution >= 4 is 17.7 Å². The maximum atomic E-state index is 12.0. The zero-order valence-electron chi connectivity index (χ0n) is 12.7. The van der Waals surface area contributed by atoms with Crippen molar-refractivity contribution in [2.24, 2.45) is 0 Å². The van der Waals surface area contributed by atoms with E-state index >= 15 is 0 Å². The monoisotopic (exact) mass is 307 g/mol. The molecule has 0 aliphatic heterocycles. The average molecular weight is 307 g/mol. The summed E-state index contributed by atoms with van der Waals surface area (Å²) in [6.07, 6.45) is 6.11. The maximum Gasteiger partial charge on any atom is 0.230 e. The minimum Gasteiger partial charge on any atom is -0.388 e. The van der Waals surface area contributed by atoms with Crippen LogP contribution in [-0.4, -0.2) is 28.9 Å². The van der Waals surface area contributed by atoms with Crippen molar-refractivity contribution in [3.05, 3.63) is 29.8 Å². The molecule has 0 radical (unpaired) electrons. The second kappa shape index (κ2) is 7.85. The molecule has 0 spiro atoms. The molecule has 116 valence electrons. The Balaban J connectivity index is 1.75. The Morgan fingerprint density at radius 1 is 1.24 bits per heavy atom. The first kappa shape index (κ1) is 16.4. The largest absolute Gasteiger partial charge is 0.388 e. The van der Waals surface area contributed by atoms with Crippen LogP contribution in [0.2, 0.25) is 0 Å². The van der Waals surface area contributed by atoms with E-state index in [1.54, 1.807) is 11.8 Å². The van der Waals surface area contributed by atoms with Gasteiger partial charge in [-0.25, -0.2) is 0 Å². The Hall–Kier alpha value is -1.00. The minimum atomic E-state index is -0.695. The summed E-state index contributed by atoms with van der Waals surface area (Å²) in [5, 5.41) is 13.4. The molecule has 1 aliphatic carbocycles. The van der Waals surface area contributed by atoms with Gasteiger partial charge in [0.25, 0.3) is 0 Å². The van der Waals surface area contributed by atoms with Crippen molar-refractivity contribution in [3.8, 4) is 0 Å². The lowest BCUT2D eigenvalue weighted by atomic mass is 9.94. The fourth-order valence-corrected chi connectivity index (χ4v) is 3.60. The summed E-state index contributed by atoms with van der Waals surface area (Å²) < 4.78 is 0. The van der Waals surface area contributed by atoms with Gasteiger partial charge in [-0.2, -0.15) is 0 Å². The van der Waals surface area contributed by atoms with Crippen LogP contribution >= 0.6 is 11.8 Å². The number of benzene rings is 1. The summed E-state index contributed by atoms with van der Waals surface area (Å²) in [5.41, 5.74) is 0.497. The molecule has 1 fully saturated rings. The molecular weight excluding hydrogens is 282 g/mol. The first-order valence-corrected chi connectivity index (χ1v) is 8.75. The highest BCUT2D eigenvalue weighted by molar-refractivity contribution is 8.00. The highest BCUT2D eigenvalue weighted by Crippen LogP contribution is 2.26. The molecule has 2 N–H and O–H groups in total. The predicted molar refractivity (Wildman–Crippen MR) is 87.6 cm³/mol. The van der Waals surface area contributed by atoms with Crippen molar-refractivity contribution in [1.82, 2.24) is 5.32 Å². The molecule has 1 aliphatic rings. The van der Waals surface area contributed by atoms with Gasteiger partial charge < -0.3 is 10.4 Å². The van der Waals surface area contributed by atoms with E-state index in [1.165, 1.54) is 18.4 Å². The van der Waals surface area contributed by atoms with E-state index in [9.17, 15) is 9.90 Å². The first-order valence-electron chi connectivity index (χ1n) is 7.77. The van der Waals surface area contributed by atoms with E-state index in [-0.39, 0.29) is 5.91 Å². The summed E-state index contributed by atoms with van der Waals surface area (Å²) in [7, 11) is 0. The SMILES string of the molecule is Cc1ccccc1SCC(=O)NCC1(O)CCCCCC1. The molecule has 0 unspecified atom stereocenters. The van der Waals surface area contributed by atoms with E-state index < -0.39 is 5.60 Å². The first-order chi connectivity index (χ1) is 10.1. The van der Waals surface area contributed by atoms with E-state index in [0.717, 1.165) is 30.6 Å². The van der Waals surface area contributed by atoms with Gasteiger partial charge in [0.2, 0.25) is 5.91 Å². The van der Waals surface area contributed by atoms with Crippen LogP contribution < -0.4 is 5.32 Å². The Kier molecular flexibility index (Phi) is 6.12. The smallest absolute Gasteiger partial charge is 0.230 e. The number of hydrogen-bond donors (Lipinski definition) is 2. The van der Waals surface area contributed by atoms with Crippen LogP contribution in [0.25, 0.3) is 0 Å². The molecule has 1 aromatic rings. The fourth-order valence-electron chi connectivity index (χ4n) is 2.74. The van der Waals surface area contributed by atoms with Gasteiger partial charge in [-0.05, 0) is 31.4 Å². The van der Waals surface area contributed by atoms with Crippen LogP contribution in [0.5, 0.6) is 0 Å². The molecule has 0 aromatic heterocycles. The number of amides is 1. The lowest BCUT2D eigenvalue weighted by Crippen LogP contribution is -2.43. The summed E-state index contributed by atoms with van der Waals surface area (Å²) in [6, 6.07) is 8.07. The Labute approximate surface area is 131 Å². The average Bonchev–Trinajstić information content (AvgIpc) is 2.70. The van der Waals surface area contributed by atoms with Crippen LogP contribution in [-0.2, 0) is 4.79 Å². The summed E-state index contributed by atoms with van der Waals surface area (Å²) in [4.78, 5) is 13.1. The van der Waals surface area contributed by atoms with Gasteiger partial charge >= 0.3 is 0 Å². The molecule has 1 amide bonds. The molecule has 1 saturated carbocycles. The fraction of sp³-hybridized carbons (Fsp3) is 0.588. The predicted octanol–water partition coefficient (Wildman–Crippen LogP) is 3.29. The molecule has 1 aromatic carbocycles. The number of nitrogens with one attached hydrogen (secondary N) is 1. The van der Waals surface area contributed by atoms with Crippen molar-refractivity contribution in [3.63, 3.8) is 0 Å². The van der Waals surface area contributed by atoms with Crippen molar-refractivity contribution < 1.29 is 9.90 Å². The topological polar surface area (TPSA) is 49.3 Å². The van der Waals surface area contributed by atoms with E-state index in [1.807, 2.05) is 18.2 Å². The van der Waals surface area contributed by atoms with Gasteiger partial charge in [-0.1, -0.05) is 43.9 Å². The van der Waals surface area contributed by atoms with Crippen LogP contribution in [0, 0.1) is 6.92 Å².